The minimum atomic E-state index is -0.250. The number of aromatic amines is 1. The van der Waals surface area contributed by atoms with Gasteiger partial charge in [-0.25, -0.2) is 4.98 Å². The van der Waals surface area contributed by atoms with Crippen molar-refractivity contribution in [3.05, 3.63) is 18.2 Å². The molecule has 5 nitrogen and oxygen atoms in total. The molecule has 2 N–H and O–H groups in total. The Bertz CT molecular complexity index is 331. The van der Waals surface area contributed by atoms with Gasteiger partial charge < -0.3 is 4.98 Å². The van der Waals surface area contributed by atoms with Crippen molar-refractivity contribution < 1.29 is 9.59 Å². The summed E-state index contributed by atoms with van der Waals surface area (Å²) in [5, 5.41) is 2.29. The molecule has 1 aromatic rings. The van der Waals surface area contributed by atoms with E-state index in [2.05, 4.69) is 15.3 Å². The Morgan fingerprint density at radius 3 is 2.92 bits per heavy atom. The van der Waals surface area contributed by atoms with Crippen molar-refractivity contribution in [1.29, 1.82) is 0 Å². The number of hydrogen-bond acceptors (Lipinski definition) is 3. The number of hydrogen-bond donors (Lipinski definition) is 2. The molecule has 1 aliphatic rings. The largest absolute Gasteiger partial charge is 0.348 e. The van der Waals surface area contributed by atoms with Gasteiger partial charge in [0.15, 0.2) is 0 Å². The number of aromatic nitrogens is 2. The molecule has 0 radical (unpaired) electrons. The molecule has 0 aromatic carbocycles. The van der Waals surface area contributed by atoms with Gasteiger partial charge in [-0.2, -0.15) is 0 Å². The van der Waals surface area contributed by atoms with Crippen molar-refractivity contribution in [2.75, 3.05) is 0 Å². The van der Waals surface area contributed by atoms with E-state index in [9.17, 15) is 9.59 Å². The number of piperidine rings is 1. The van der Waals surface area contributed by atoms with E-state index in [-0.39, 0.29) is 17.7 Å². The highest BCUT2D eigenvalue weighted by atomic mass is 16.2. The first kappa shape index (κ1) is 7.97. The van der Waals surface area contributed by atoms with E-state index in [0.717, 1.165) is 5.69 Å². The first-order valence-corrected chi connectivity index (χ1v) is 4.09. The number of amides is 2. The number of imidazole rings is 1. The maximum absolute atomic E-state index is 11.3. The molecule has 5 heteroatoms. The Morgan fingerprint density at radius 2 is 2.31 bits per heavy atom. The highest BCUT2D eigenvalue weighted by Gasteiger charge is 2.28. The van der Waals surface area contributed by atoms with Gasteiger partial charge in [0.2, 0.25) is 11.8 Å². The fourth-order valence-electron chi connectivity index (χ4n) is 1.45. The molecule has 2 amide bonds. The van der Waals surface area contributed by atoms with Gasteiger partial charge in [0.25, 0.3) is 0 Å². The quantitative estimate of drug-likeness (QED) is 0.592. The summed E-state index contributed by atoms with van der Waals surface area (Å²) >= 11 is 0. The number of rotatable bonds is 1. The first-order chi connectivity index (χ1) is 6.27. The lowest BCUT2D eigenvalue weighted by Crippen LogP contribution is -2.39. The number of nitrogens with one attached hydrogen (secondary N) is 2. The normalized spacial score (nSPS) is 22.9. The molecule has 13 heavy (non-hydrogen) atoms. The van der Waals surface area contributed by atoms with E-state index in [4.69, 9.17) is 0 Å². The summed E-state index contributed by atoms with van der Waals surface area (Å²) in [5.74, 6) is -0.679. The van der Waals surface area contributed by atoms with E-state index in [1.54, 1.807) is 6.20 Å². The summed E-state index contributed by atoms with van der Waals surface area (Å²) < 4.78 is 0. The Hall–Kier alpha value is -1.65. The van der Waals surface area contributed by atoms with Crippen LogP contribution in [0.3, 0.4) is 0 Å². The third-order valence-electron chi connectivity index (χ3n) is 2.13. The van der Waals surface area contributed by atoms with Crippen LogP contribution in [0.5, 0.6) is 0 Å². The molecule has 1 fully saturated rings. The second-order valence-corrected chi connectivity index (χ2v) is 3.01. The highest BCUT2D eigenvalue weighted by Crippen LogP contribution is 2.21. The van der Waals surface area contributed by atoms with Crippen LogP contribution < -0.4 is 5.32 Å². The fourth-order valence-corrected chi connectivity index (χ4v) is 1.45. The van der Waals surface area contributed by atoms with Gasteiger partial charge in [0, 0.05) is 18.3 Å². The van der Waals surface area contributed by atoms with Gasteiger partial charge in [-0.15, -0.1) is 0 Å². The third-order valence-corrected chi connectivity index (χ3v) is 2.13. The lowest BCUT2D eigenvalue weighted by Gasteiger charge is -2.18. The van der Waals surface area contributed by atoms with Gasteiger partial charge in [-0.1, -0.05) is 0 Å². The van der Waals surface area contributed by atoms with Crippen LogP contribution in [-0.2, 0) is 9.59 Å². The predicted molar refractivity (Wildman–Crippen MR) is 43.7 cm³/mol. The van der Waals surface area contributed by atoms with Gasteiger partial charge in [0.05, 0.1) is 12.2 Å². The number of carbonyl (C=O) groups excluding carboxylic acids is 2. The molecule has 2 rings (SSSR count). The topological polar surface area (TPSA) is 74.8 Å². The molecule has 0 saturated carbocycles. The monoisotopic (exact) mass is 179 g/mol. The van der Waals surface area contributed by atoms with Crippen molar-refractivity contribution in [3.8, 4) is 0 Å². The second kappa shape index (κ2) is 3.01. The van der Waals surface area contributed by atoms with Crippen molar-refractivity contribution >= 4 is 11.8 Å². The smallest absolute Gasteiger partial charge is 0.235 e. The maximum Gasteiger partial charge on any atom is 0.235 e. The molecular formula is C8H9N3O2. The molecule has 1 saturated heterocycles. The van der Waals surface area contributed by atoms with Crippen LogP contribution in [-0.4, -0.2) is 21.8 Å². The lowest BCUT2D eigenvalue weighted by atomic mass is 9.95. The van der Waals surface area contributed by atoms with Crippen LogP contribution in [0.25, 0.3) is 0 Å². The van der Waals surface area contributed by atoms with E-state index in [1.807, 2.05) is 0 Å². The van der Waals surface area contributed by atoms with Gasteiger partial charge in [-0.3, -0.25) is 14.9 Å². The van der Waals surface area contributed by atoms with E-state index in [1.165, 1.54) is 6.33 Å². The Morgan fingerprint density at radius 1 is 1.46 bits per heavy atom. The lowest BCUT2D eigenvalue weighted by molar-refractivity contribution is -0.134. The number of nitrogens with zero attached hydrogens (tertiary/aromatic N) is 1. The number of H-pyrrole nitrogens is 1. The summed E-state index contributed by atoms with van der Waals surface area (Å²) in [6, 6.07) is 0. The number of carbonyl (C=O) groups is 2. The maximum atomic E-state index is 11.3. The zero-order chi connectivity index (χ0) is 9.26. The average Bonchev–Trinajstić information content (AvgIpc) is 2.56. The minimum absolute atomic E-state index is 0.194. The number of imide groups is 1. The van der Waals surface area contributed by atoms with Gasteiger partial charge in [0.1, 0.15) is 0 Å². The third kappa shape index (κ3) is 1.44. The van der Waals surface area contributed by atoms with Crippen LogP contribution >= 0.6 is 0 Å². The molecule has 0 aliphatic carbocycles. The molecule has 2 heterocycles. The van der Waals surface area contributed by atoms with Crippen molar-refractivity contribution in [1.82, 2.24) is 15.3 Å². The predicted octanol–water partition coefficient (Wildman–Crippen LogP) is -0.0701. The molecule has 1 aromatic heterocycles. The Labute approximate surface area is 74.6 Å². The molecule has 1 unspecified atom stereocenters. The van der Waals surface area contributed by atoms with Crippen molar-refractivity contribution in [3.63, 3.8) is 0 Å². The zero-order valence-electron chi connectivity index (χ0n) is 6.91. The van der Waals surface area contributed by atoms with Crippen LogP contribution in [0.4, 0.5) is 0 Å². The first-order valence-electron chi connectivity index (χ1n) is 4.09. The van der Waals surface area contributed by atoms with E-state index in [0.29, 0.717) is 12.8 Å². The summed E-state index contributed by atoms with van der Waals surface area (Å²) in [7, 11) is 0. The van der Waals surface area contributed by atoms with Crippen LogP contribution in [0, 0.1) is 0 Å². The molecule has 68 valence electrons. The van der Waals surface area contributed by atoms with Crippen LogP contribution in [0.15, 0.2) is 12.5 Å². The minimum Gasteiger partial charge on any atom is -0.348 e. The standard InChI is InChI=1S/C8H9N3O2/c12-7-2-1-5(8(13)11-7)6-3-9-4-10-6/h3-5H,1-2H2,(H,9,10)(H,11,12,13). The Balaban J connectivity index is 2.17. The Kier molecular flexibility index (Phi) is 1.84. The summed E-state index contributed by atoms with van der Waals surface area (Å²) in [4.78, 5) is 28.9. The van der Waals surface area contributed by atoms with E-state index < -0.39 is 0 Å². The summed E-state index contributed by atoms with van der Waals surface area (Å²) in [6.45, 7) is 0. The molecular weight excluding hydrogens is 170 g/mol. The SMILES string of the molecule is O=C1CCC(c2cnc[nH]2)C(=O)N1. The van der Waals surface area contributed by atoms with Crippen LogP contribution in [0.1, 0.15) is 24.5 Å². The van der Waals surface area contributed by atoms with Gasteiger partial charge >= 0.3 is 0 Å². The molecule has 0 bridgehead atoms. The highest BCUT2D eigenvalue weighted by molar-refractivity contribution is 6.00. The summed E-state index contributed by atoms with van der Waals surface area (Å²) in [5.41, 5.74) is 0.769. The average molecular weight is 179 g/mol. The van der Waals surface area contributed by atoms with E-state index >= 15 is 0 Å². The van der Waals surface area contributed by atoms with Crippen molar-refractivity contribution in [2.45, 2.75) is 18.8 Å². The second-order valence-electron chi connectivity index (χ2n) is 3.01. The van der Waals surface area contributed by atoms with Crippen molar-refractivity contribution in [2.24, 2.45) is 0 Å². The summed E-state index contributed by atoms with van der Waals surface area (Å²) in [6.07, 6.45) is 4.10. The molecule has 1 aliphatic heterocycles. The van der Waals surface area contributed by atoms with Crippen LogP contribution in [0.2, 0.25) is 0 Å². The zero-order valence-corrected chi connectivity index (χ0v) is 6.91. The molecule has 1 atom stereocenters. The fraction of sp³-hybridized carbons (Fsp3) is 0.375. The van der Waals surface area contributed by atoms with Gasteiger partial charge in [-0.05, 0) is 6.42 Å². The molecule has 0 spiro atoms.